The van der Waals surface area contributed by atoms with Gasteiger partial charge in [0.15, 0.2) is 0 Å². The van der Waals surface area contributed by atoms with Crippen molar-refractivity contribution in [1.29, 1.82) is 0 Å². The molecule has 1 fully saturated rings. The zero-order chi connectivity index (χ0) is 24.8. The highest BCUT2D eigenvalue weighted by Gasteiger charge is 2.17. The predicted molar refractivity (Wildman–Crippen MR) is 143 cm³/mol. The highest BCUT2D eigenvalue weighted by Crippen LogP contribution is 2.31. The second kappa shape index (κ2) is 8.94. The number of piperidine rings is 1. The maximum atomic E-state index is 5.02. The minimum atomic E-state index is 0.764. The Labute approximate surface area is 213 Å². The maximum Gasteiger partial charge on any atom is 0.139 e. The lowest BCUT2D eigenvalue weighted by molar-refractivity contribution is 0.220. The number of imidazole rings is 1. The molecular weight excluding hydrogens is 462 g/mol. The topological polar surface area (TPSA) is 104 Å². The first-order valence-corrected chi connectivity index (χ1v) is 12.7. The lowest BCUT2D eigenvalue weighted by Crippen LogP contribution is -2.29. The number of aromatic amines is 2. The smallest absolute Gasteiger partial charge is 0.139 e. The van der Waals surface area contributed by atoms with E-state index >= 15 is 0 Å². The van der Waals surface area contributed by atoms with Gasteiger partial charge in [-0.1, -0.05) is 6.42 Å². The third-order valence-electron chi connectivity index (χ3n) is 7.11. The molecule has 0 aromatic carbocycles. The number of fused-ring (bicyclic) bond motifs is 2. The van der Waals surface area contributed by atoms with Gasteiger partial charge < -0.3 is 9.55 Å². The van der Waals surface area contributed by atoms with Crippen molar-refractivity contribution in [2.24, 2.45) is 0 Å². The van der Waals surface area contributed by atoms with Crippen LogP contribution in [0.3, 0.4) is 0 Å². The number of likely N-dealkylation sites (tertiary alicyclic amines) is 1. The van der Waals surface area contributed by atoms with E-state index in [9.17, 15) is 0 Å². The Hall–Kier alpha value is -4.37. The van der Waals surface area contributed by atoms with Gasteiger partial charge in [0.25, 0.3) is 0 Å². The Morgan fingerprint density at radius 2 is 1.92 bits per heavy atom. The van der Waals surface area contributed by atoms with Gasteiger partial charge in [0.05, 0.1) is 34.6 Å². The third kappa shape index (κ3) is 4.07. The van der Waals surface area contributed by atoms with Gasteiger partial charge >= 0.3 is 0 Å². The van der Waals surface area contributed by atoms with E-state index in [0.29, 0.717) is 0 Å². The Kier molecular flexibility index (Phi) is 5.28. The van der Waals surface area contributed by atoms with Gasteiger partial charge in [-0.2, -0.15) is 5.10 Å². The molecule has 0 radical (unpaired) electrons. The Bertz CT molecular complexity index is 1720. The molecule has 37 heavy (non-hydrogen) atoms. The average molecular weight is 490 g/mol. The Morgan fingerprint density at radius 3 is 2.78 bits per heavy atom. The summed E-state index contributed by atoms with van der Waals surface area (Å²) in [5.74, 6) is 0. The second-order valence-corrected chi connectivity index (χ2v) is 9.78. The van der Waals surface area contributed by atoms with Crippen molar-refractivity contribution in [1.82, 2.24) is 44.6 Å². The van der Waals surface area contributed by atoms with E-state index in [0.717, 1.165) is 75.7 Å². The quantitative estimate of drug-likeness (QED) is 0.351. The first-order valence-electron chi connectivity index (χ1n) is 12.7. The Morgan fingerprint density at radius 1 is 1.00 bits per heavy atom. The van der Waals surface area contributed by atoms with Gasteiger partial charge in [-0.15, -0.1) is 0 Å². The number of hydrogen-bond donors (Lipinski definition) is 2. The minimum absolute atomic E-state index is 0.764. The molecule has 1 aliphatic rings. The van der Waals surface area contributed by atoms with Crippen LogP contribution in [0.1, 0.15) is 30.5 Å². The summed E-state index contributed by atoms with van der Waals surface area (Å²) in [7, 11) is 0. The highest BCUT2D eigenvalue weighted by atomic mass is 15.1. The normalized spacial score (nSPS) is 14.6. The van der Waals surface area contributed by atoms with Crippen LogP contribution in [-0.4, -0.2) is 57.7 Å². The molecule has 6 aromatic heterocycles. The van der Waals surface area contributed by atoms with E-state index in [-0.39, 0.29) is 0 Å². The number of pyridine rings is 3. The van der Waals surface area contributed by atoms with Crippen LogP contribution in [0.5, 0.6) is 0 Å². The van der Waals surface area contributed by atoms with Crippen LogP contribution < -0.4 is 0 Å². The number of H-pyrrole nitrogens is 2. The average Bonchev–Trinajstić information content (AvgIpc) is 3.66. The maximum absolute atomic E-state index is 5.02. The van der Waals surface area contributed by atoms with E-state index in [2.05, 4.69) is 47.2 Å². The molecule has 1 aliphatic heterocycles. The summed E-state index contributed by atoms with van der Waals surface area (Å²) >= 11 is 0. The zero-order valence-corrected chi connectivity index (χ0v) is 20.6. The van der Waals surface area contributed by atoms with Gasteiger partial charge in [0.1, 0.15) is 16.9 Å². The van der Waals surface area contributed by atoms with Crippen molar-refractivity contribution < 1.29 is 0 Å². The molecule has 184 valence electrons. The first-order chi connectivity index (χ1) is 18.2. The lowest BCUT2D eigenvalue weighted by Gasteiger charge is -2.26. The van der Waals surface area contributed by atoms with Gasteiger partial charge in [-0.3, -0.25) is 15.0 Å². The zero-order valence-electron chi connectivity index (χ0n) is 20.6. The molecule has 0 aliphatic carbocycles. The van der Waals surface area contributed by atoms with Crippen LogP contribution in [0.15, 0.2) is 61.4 Å². The monoisotopic (exact) mass is 489 g/mol. The van der Waals surface area contributed by atoms with Crippen LogP contribution >= 0.6 is 0 Å². The van der Waals surface area contributed by atoms with Gasteiger partial charge in [-0.25, -0.2) is 15.0 Å². The Balaban J connectivity index is 1.26. The summed E-state index contributed by atoms with van der Waals surface area (Å²) in [5, 5.41) is 8.74. The molecule has 1 saturated heterocycles. The molecule has 7 rings (SSSR count). The van der Waals surface area contributed by atoms with Crippen molar-refractivity contribution in [3.63, 3.8) is 0 Å². The molecule has 0 amide bonds. The largest absolute Gasteiger partial charge is 0.338 e. The van der Waals surface area contributed by atoms with E-state index < -0.39 is 0 Å². The molecule has 2 N–H and O–H groups in total. The molecule has 7 heterocycles. The predicted octanol–water partition coefficient (Wildman–Crippen LogP) is 5.04. The number of nitrogens with one attached hydrogen (secondary N) is 2. The van der Waals surface area contributed by atoms with Crippen molar-refractivity contribution in [3.8, 4) is 28.3 Å². The molecule has 9 nitrogen and oxygen atoms in total. The fourth-order valence-corrected chi connectivity index (χ4v) is 5.26. The van der Waals surface area contributed by atoms with Crippen LogP contribution in [0.2, 0.25) is 0 Å². The molecule has 6 aromatic rings. The van der Waals surface area contributed by atoms with E-state index in [1.54, 1.807) is 6.20 Å². The van der Waals surface area contributed by atoms with E-state index in [1.165, 1.54) is 24.8 Å². The standard InChI is InChI=1S/C28H27N9/c1-18-15-37(17-31-18)25-7-8-30-28-21(25)12-24(33-28)27-26-23(34-35-27)6-5-22(32-26)20-11-19(13-29-14-20)16-36-9-3-2-4-10-36/h5-8,11-15,17H,2-4,9-10,16H2,1H3,(H,30,33)(H,34,35). The van der Waals surface area contributed by atoms with Crippen LogP contribution in [-0.2, 0) is 6.54 Å². The minimum Gasteiger partial charge on any atom is -0.338 e. The summed E-state index contributed by atoms with van der Waals surface area (Å²) in [6.07, 6.45) is 13.4. The lowest BCUT2D eigenvalue weighted by atomic mass is 10.1. The SMILES string of the molecule is Cc1cn(-c2ccnc3[nH]c(-c4n[nH]c5ccc(-c6cncc(CN7CCCCC7)c6)nc45)cc23)cn1. The molecule has 0 spiro atoms. The summed E-state index contributed by atoms with van der Waals surface area (Å²) < 4.78 is 2.01. The van der Waals surface area contributed by atoms with E-state index in [4.69, 9.17) is 4.98 Å². The van der Waals surface area contributed by atoms with Crippen molar-refractivity contribution in [2.45, 2.75) is 32.7 Å². The summed E-state index contributed by atoms with van der Waals surface area (Å²) in [4.78, 5) is 24.4. The molecule has 0 saturated carbocycles. The van der Waals surface area contributed by atoms with Gasteiger partial charge in [0.2, 0.25) is 0 Å². The fraction of sp³-hybridized carbons (Fsp3) is 0.250. The van der Waals surface area contributed by atoms with Crippen molar-refractivity contribution in [2.75, 3.05) is 13.1 Å². The number of hydrogen-bond acceptors (Lipinski definition) is 6. The summed E-state index contributed by atoms with van der Waals surface area (Å²) in [6.45, 7) is 5.24. The third-order valence-corrected chi connectivity index (χ3v) is 7.11. The van der Waals surface area contributed by atoms with Crippen molar-refractivity contribution >= 4 is 22.1 Å². The molecular formula is C28H27N9. The second-order valence-electron chi connectivity index (χ2n) is 9.78. The van der Waals surface area contributed by atoms with Gasteiger partial charge in [-0.05, 0) is 68.8 Å². The fourth-order valence-electron chi connectivity index (χ4n) is 5.26. The van der Waals surface area contributed by atoms with Crippen LogP contribution in [0.25, 0.3) is 50.4 Å². The number of aromatic nitrogens is 8. The first kappa shape index (κ1) is 21.9. The molecule has 9 heteroatoms. The van der Waals surface area contributed by atoms with Crippen molar-refractivity contribution in [3.05, 3.63) is 72.7 Å². The number of rotatable bonds is 5. The molecule has 0 atom stereocenters. The van der Waals surface area contributed by atoms with Crippen LogP contribution in [0, 0.1) is 6.92 Å². The number of nitrogens with zero attached hydrogens (tertiary/aromatic N) is 7. The van der Waals surface area contributed by atoms with Gasteiger partial charge in [0, 0.05) is 42.3 Å². The summed E-state index contributed by atoms with van der Waals surface area (Å²) in [5.41, 5.74) is 9.20. The van der Waals surface area contributed by atoms with Crippen LogP contribution in [0.4, 0.5) is 0 Å². The molecule has 0 bridgehead atoms. The highest BCUT2D eigenvalue weighted by molar-refractivity contribution is 5.95. The molecule has 0 unspecified atom stereocenters. The summed E-state index contributed by atoms with van der Waals surface area (Å²) in [6, 6.07) is 10.3. The van der Waals surface area contributed by atoms with E-state index in [1.807, 2.05) is 54.6 Å². The number of aryl methyl sites for hydroxylation is 1.